The van der Waals surface area contributed by atoms with Gasteiger partial charge in [-0.2, -0.15) is 0 Å². The van der Waals surface area contributed by atoms with Gasteiger partial charge in [-0.3, -0.25) is 19.6 Å². The molecule has 1 saturated heterocycles. The zero-order valence-electron chi connectivity index (χ0n) is 16.1. The molecule has 2 aromatic heterocycles. The monoisotopic (exact) mass is 380 g/mol. The summed E-state index contributed by atoms with van der Waals surface area (Å²) in [7, 11) is 0. The van der Waals surface area contributed by atoms with Gasteiger partial charge in [0.15, 0.2) is 0 Å². The molecule has 2 aromatic rings. The van der Waals surface area contributed by atoms with Gasteiger partial charge in [0.2, 0.25) is 5.78 Å². The Morgan fingerprint density at radius 2 is 1.61 bits per heavy atom. The van der Waals surface area contributed by atoms with Crippen molar-refractivity contribution in [1.82, 2.24) is 14.9 Å². The predicted octanol–water partition coefficient (Wildman–Crippen LogP) is -0.375. The molecule has 0 bridgehead atoms. The van der Waals surface area contributed by atoms with Crippen molar-refractivity contribution in [2.45, 2.75) is 19.9 Å². The van der Waals surface area contributed by atoms with Gasteiger partial charge in [-0.15, -0.1) is 0 Å². The Morgan fingerprint density at radius 3 is 2.18 bits per heavy atom. The van der Waals surface area contributed by atoms with Crippen LogP contribution in [-0.2, 0) is 9.59 Å². The maximum absolute atomic E-state index is 13.1. The second-order valence-corrected chi connectivity index (χ2v) is 6.70. The number of aromatic nitrogens is 2. The Bertz CT molecular complexity index is 864. The smallest absolute Gasteiger partial charge is 0.295 e. The van der Waals surface area contributed by atoms with Crippen LogP contribution in [0.4, 0.5) is 0 Å². The van der Waals surface area contributed by atoms with Crippen molar-refractivity contribution in [1.29, 1.82) is 0 Å². The summed E-state index contributed by atoms with van der Waals surface area (Å²) in [5, 5.41) is 13.1. The molecule has 28 heavy (non-hydrogen) atoms. The van der Waals surface area contributed by atoms with Crippen LogP contribution in [0.1, 0.15) is 31.0 Å². The van der Waals surface area contributed by atoms with Gasteiger partial charge in [0.25, 0.3) is 5.91 Å². The highest BCUT2D eigenvalue weighted by Crippen LogP contribution is 2.37. The minimum absolute atomic E-state index is 0.00283. The lowest BCUT2D eigenvalue weighted by Gasteiger charge is -2.28. The van der Waals surface area contributed by atoms with E-state index in [1.54, 1.807) is 36.7 Å². The summed E-state index contributed by atoms with van der Waals surface area (Å²) < 4.78 is 0. The Labute approximate surface area is 164 Å². The maximum Gasteiger partial charge on any atom is 0.295 e. The van der Waals surface area contributed by atoms with Crippen LogP contribution in [0.2, 0.25) is 0 Å². The van der Waals surface area contributed by atoms with Gasteiger partial charge in [-0.1, -0.05) is 5.76 Å². The number of Topliss-reactive ketones (excluding diaryl/α,β-unsaturated/α-hetero) is 1. The lowest BCUT2D eigenvalue weighted by molar-refractivity contribution is -0.895. The van der Waals surface area contributed by atoms with Crippen LogP contribution >= 0.6 is 0 Å². The van der Waals surface area contributed by atoms with Crippen molar-refractivity contribution in [2.24, 2.45) is 0 Å². The molecule has 1 fully saturated rings. The maximum atomic E-state index is 13.1. The van der Waals surface area contributed by atoms with Gasteiger partial charge in [-0.05, 0) is 49.2 Å². The van der Waals surface area contributed by atoms with E-state index in [0.29, 0.717) is 24.2 Å². The average Bonchev–Trinajstić information content (AvgIpc) is 3.00. The van der Waals surface area contributed by atoms with E-state index in [4.69, 9.17) is 0 Å². The van der Waals surface area contributed by atoms with Gasteiger partial charge in [-0.25, -0.2) is 0 Å². The fourth-order valence-corrected chi connectivity index (χ4v) is 3.53. The topological polar surface area (TPSA) is 90.7 Å². The summed E-state index contributed by atoms with van der Waals surface area (Å²) in [4.78, 5) is 36.4. The summed E-state index contributed by atoms with van der Waals surface area (Å²) >= 11 is 0. The van der Waals surface area contributed by atoms with Crippen molar-refractivity contribution < 1.29 is 19.6 Å². The van der Waals surface area contributed by atoms with E-state index in [2.05, 4.69) is 23.8 Å². The van der Waals surface area contributed by atoms with Crippen LogP contribution in [0.15, 0.2) is 54.6 Å². The van der Waals surface area contributed by atoms with Crippen molar-refractivity contribution in [2.75, 3.05) is 26.2 Å². The minimum Gasteiger partial charge on any atom is -0.872 e. The van der Waals surface area contributed by atoms with E-state index in [9.17, 15) is 14.7 Å². The molecular weight excluding hydrogens is 356 g/mol. The lowest BCUT2D eigenvalue weighted by atomic mass is 9.96. The van der Waals surface area contributed by atoms with Gasteiger partial charge < -0.3 is 14.9 Å². The molecule has 1 aliphatic rings. The van der Waals surface area contributed by atoms with Gasteiger partial charge in [0.1, 0.15) is 0 Å². The number of carbonyl (C=O) groups excluding carboxylic acids is 2. The van der Waals surface area contributed by atoms with E-state index in [-0.39, 0.29) is 5.57 Å². The fraction of sp³-hybridized carbons (Fsp3) is 0.333. The molecule has 1 aliphatic heterocycles. The third-order valence-corrected chi connectivity index (χ3v) is 5.20. The minimum atomic E-state index is -0.724. The molecule has 0 aliphatic carbocycles. The number of hydrogen-bond acceptors (Lipinski definition) is 5. The summed E-state index contributed by atoms with van der Waals surface area (Å²) in [5.41, 5.74) is 1.06. The highest BCUT2D eigenvalue weighted by atomic mass is 16.3. The first-order chi connectivity index (χ1) is 13.6. The number of hydrogen-bond donors (Lipinski definition) is 1. The lowest BCUT2D eigenvalue weighted by Crippen LogP contribution is -3.12. The number of ketones is 1. The Hall–Kier alpha value is -3.06. The highest BCUT2D eigenvalue weighted by Gasteiger charge is 2.44. The normalized spacial score (nSPS) is 18.8. The van der Waals surface area contributed by atoms with E-state index < -0.39 is 23.5 Å². The van der Waals surface area contributed by atoms with Crippen molar-refractivity contribution in [3.8, 4) is 0 Å². The first-order valence-corrected chi connectivity index (χ1v) is 9.48. The SMILES string of the molecule is CC[NH+](CC)CCN1C(=O)C(=O)C(=C([O-])c2ccncc2)C1c1ccncc1. The van der Waals surface area contributed by atoms with Crippen LogP contribution in [0.3, 0.4) is 0 Å². The summed E-state index contributed by atoms with van der Waals surface area (Å²) in [6.45, 7) is 7.14. The van der Waals surface area contributed by atoms with Crippen LogP contribution in [-0.4, -0.2) is 52.7 Å². The zero-order chi connectivity index (χ0) is 20.1. The van der Waals surface area contributed by atoms with Crippen molar-refractivity contribution >= 4 is 17.4 Å². The van der Waals surface area contributed by atoms with Crippen LogP contribution in [0.5, 0.6) is 0 Å². The van der Waals surface area contributed by atoms with E-state index >= 15 is 0 Å². The third-order valence-electron chi connectivity index (χ3n) is 5.20. The first-order valence-electron chi connectivity index (χ1n) is 9.48. The number of quaternary nitrogens is 1. The second-order valence-electron chi connectivity index (χ2n) is 6.70. The number of likely N-dealkylation sites (tertiary alicyclic amines) is 1. The summed E-state index contributed by atoms with van der Waals surface area (Å²) in [6.07, 6.45) is 6.20. The van der Waals surface area contributed by atoms with E-state index in [0.717, 1.165) is 13.1 Å². The molecule has 146 valence electrons. The number of carbonyl (C=O) groups is 2. The number of pyridine rings is 2. The van der Waals surface area contributed by atoms with E-state index in [1.807, 2.05) is 0 Å². The van der Waals surface area contributed by atoms with Crippen LogP contribution in [0.25, 0.3) is 5.76 Å². The molecule has 7 heteroatoms. The summed E-state index contributed by atoms with van der Waals surface area (Å²) in [5.74, 6) is -1.77. The van der Waals surface area contributed by atoms with Crippen molar-refractivity contribution in [3.05, 3.63) is 65.8 Å². The highest BCUT2D eigenvalue weighted by molar-refractivity contribution is 6.46. The zero-order valence-corrected chi connectivity index (χ0v) is 16.1. The molecular formula is C21H24N4O3. The van der Waals surface area contributed by atoms with Crippen molar-refractivity contribution in [3.63, 3.8) is 0 Å². The summed E-state index contributed by atoms with van der Waals surface area (Å²) in [6, 6.07) is 5.90. The fourth-order valence-electron chi connectivity index (χ4n) is 3.53. The molecule has 1 atom stereocenters. The van der Waals surface area contributed by atoms with Gasteiger partial charge in [0, 0.05) is 30.4 Å². The van der Waals surface area contributed by atoms with Crippen LogP contribution in [0, 0.1) is 0 Å². The average molecular weight is 380 g/mol. The van der Waals surface area contributed by atoms with Crippen LogP contribution < -0.4 is 10.0 Å². The number of likely N-dealkylation sites (N-methyl/N-ethyl adjacent to an activating group) is 1. The molecule has 0 aromatic carbocycles. The quantitative estimate of drug-likeness (QED) is 0.402. The number of nitrogens with zero attached hydrogens (tertiary/aromatic N) is 3. The predicted molar refractivity (Wildman–Crippen MR) is 102 cm³/mol. The number of rotatable bonds is 7. The molecule has 0 spiro atoms. The molecule has 0 saturated carbocycles. The molecule has 7 nitrogen and oxygen atoms in total. The largest absolute Gasteiger partial charge is 0.872 e. The van der Waals surface area contributed by atoms with Gasteiger partial charge in [0.05, 0.1) is 32.2 Å². The molecule has 1 N–H and O–H groups in total. The molecule has 1 amide bonds. The first kappa shape index (κ1) is 19.7. The van der Waals surface area contributed by atoms with E-state index in [1.165, 1.54) is 22.2 Å². The Kier molecular flexibility index (Phi) is 6.16. The van der Waals surface area contributed by atoms with Gasteiger partial charge >= 0.3 is 0 Å². The second kappa shape index (κ2) is 8.75. The third kappa shape index (κ3) is 3.80. The molecule has 3 rings (SSSR count). The Morgan fingerprint density at radius 1 is 1.04 bits per heavy atom. The molecule has 0 radical (unpaired) electrons. The molecule has 3 heterocycles. The Balaban J connectivity index is 2.06. The molecule has 1 unspecified atom stereocenters. The number of amides is 1. The standard InChI is InChI=1S/C21H24N4O3/c1-3-24(4-2)13-14-25-18(15-5-9-22-10-6-15)17(20(27)21(25)28)19(26)16-7-11-23-12-8-16/h5-12,18,26H,3-4,13-14H2,1-2H3. The number of nitrogens with one attached hydrogen (secondary N) is 1.